The van der Waals surface area contributed by atoms with Crippen LogP contribution in [-0.2, 0) is 22.6 Å². The summed E-state index contributed by atoms with van der Waals surface area (Å²) >= 11 is 0. The van der Waals surface area contributed by atoms with Gasteiger partial charge in [-0.2, -0.15) is 0 Å². The molecule has 2 amide bonds. The Morgan fingerprint density at radius 3 is 2.72 bits per heavy atom. The van der Waals surface area contributed by atoms with Crippen molar-refractivity contribution in [2.75, 3.05) is 26.8 Å². The molecule has 0 radical (unpaired) electrons. The van der Waals surface area contributed by atoms with Gasteiger partial charge in [0.1, 0.15) is 12.0 Å². The Hall–Kier alpha value is -3.65. The highest BCUT2D eigenvalue weighted by molar-refractivity contribution is 5.91. The zero-order chi connectivity index (χ0) is 25.1. The van der Waals surface area contributed by atoms with Crippen LogP contribution < -0.4 is 10.1 Å². The van der Waals surface area contributed by atoms with E-state index in [9.17, 15) is 9.59 Å². The zero-order valence-electron chi connectivity index (χ0n) is 20.7. The average Bonchev–Trinajstić information content (AvgIpc) is 3.64. The van der Waals surface area contributed by atoms with Crippen molar-refractivity contribution in [3.05, 3.63) is 82.6 Å². The first-order valence-corrected chi connectivity index (χ1v) is 12.4. The van der Waals surface area contributed by atoms with E-state index in [1.807, 2.05) is 17.0 Å². The van der Waals surface area contributed by atoms with E-state index in [1.165, 1.54) is 17.4 Å². The Balaban J connectivity index is 1.34. The number of nitrogens with one attached hydrogen (secondary N) is 1. The van der Waals surface area contributed by atoms with Crippen molar-refractivity contribution in [1.82, 2.24) is 15.2 Å². The number of carbonyl (C=O) groups excluding carboxylic acids is 2. The van der Waals surface area contributed by atoms with E-state index >= 15 is 0 Å². The molecule has 1 atom stereocenters. The molecule has 1 aliphatic carbocycles. The van der Waals surface area contributed by atoms with Crippen LogP contribution in [0, 0.1) is 12.8 Å². The molecule has 2 aliphatic rings. The Kier molecular flexibility index (Phi) is 7.04. The lowest BCUT2D eigenvalue weighted by Gasteiger charge is -2.38. The summed E-state index contributed by atoms with van der Waals surface area (Å²) in [6.07, 6.45) is 4.10. The van der Waals surface area contributed by atoms with Crippen molar-refractivity contribution in [3.8, 4) is 5.75 Å². The normalized spacial score (nSPS) is 16.9. The smallest absolute Gasteiger partial charge is 0.273 e. The fourth-order valence-corrected chi connectivity index (χ4v) is 4.58. The lowest BCUT2D eigenvalue weighted by atomic mass is 9.87. The van der Waals surface area contributed by atoms with Crippen LogP contribution in [0.1, 0.15) is 57.5 Å². The molecule has 5 rings (SSSR count). The second-order valence-electron chi connectivity index (χ2n) is 9.39. The lowest BCUT2D eigenvalue weighted by molar-refractivity contribution is -0.134. The number of hydrogen-bond acceptors (Lipinski definition) is 6. The first kappa shape index (κ1) is 24.1. The van der Waals surface area contributed by atoms with Crippen molar-refractivity contribution in [1.29, 1.82) is 0 Å². The highest BCUT2D eigenvalue weighted by atomic mass is 16.5. The molecule has 2 heterocycles. The topological polar surface area (TPSA) is 93.9 Å². The molecule has 1 aromatic heterocycles. The minimum absolute atomic E-state index is 0.0874. The summed E-state index contributed by atoms with van der Waals surface area (Å²) in [5.74, 6) is 1.05. The maximum atomic E-state index is 13.2. The van der Waals surface area contributed by atoms with Crippen molar-refractivity contribution in [2.45, 2.75) is 38.8 Å². The predicted octanol–water partition coefficient (Wildman–Crippen LogP) is 3.82. The molecule has 1 saturated carbocycles. The summed E-state index contributed by atoms with van der Waals surface area (Å²) in [6.45, 7) is 3.68. The van der Waals surface area contributed by atoms with Crippen molar-refractivity contribution < 1.29 is 23.5 Å². The monoisotopic (exact) mass is 489 g/mol. The summed E-state index contributed by atoms with van der Waals surface area (Å²) in [4.78, 5) is 31.6. The van der Waals surface area contributed by atoms with Crippen LogP contribution in [0.15, 0.2) is 53.1 Å². The molecule has 8 nitrogen and oxygen atoms in total. The van der Waals surface area contributed by atoms with Crippen LogP contribution in [0.5, 0.6) is 5.75 Å². The third-order valence-corrected chi connectivity index (χ3v) is 6.69. The maximum Gasteiger partial charge on any atom is 0.273 e. The van der Waals surface area contributed by atoms with Crippen LogP contribution in [-0.4, -0.2) is 48.5 Å². The molecule has 2 aromatic carbocycles. The quantitative estimate of drug-likeness (QED) is 0.459. The molecule has 0 spiro atoms. The number of rotatable bonds is 9. The largest absolute Gasteiger partial charge is 0.484 e. The number of carbonyl (C=O) groups is 2. The predicted molar refractivity (Wildman–Crippen MR) is 133 cm³/mol. The number of methoxy groups -OCH3 is 1. The summed E-state index contributed by atoms with van der Waals surface area (Å²) < 4.78 is 16.4. The fourth-order valence-electron chi connectivity index (χ4n) is 4.58. The number of aromatic nitrogens is 1. The number of nitrogens with zero attached hydrogens (tertiary/aromatic N) is 2. The number of amides is 2. The molecule has 3 aromatic rings. The number of oxazole rings is 1. The molecule has 0 unspecified atom stereocenters. The van der Waals surface area contributed by atoms with Crippen LogP contribution >= 0.6 is 0 Å². The van der Waals surface area contributed by atoms with E-state index < -0.39 is 0 Å². The number of fused-ring (bicyclic) bond motifs is 1. The Morgan fingerprint density at radius 2 is 1.97 bits per heavy atom. The molecule has 1 N–H and O–H groups in total. The van der Waals surface area contributed by atoms with Gasteiger partial charge in [0, 0.05) is 26.1 Å². The van der Waals surface area contributed by atoms with Gasteiger partial charge >= 0.3 is 0 Å². The second-order valence-corrected chi connectivity index (χ2v) is 9.39. The van der Waals surface area contributed by atoms with Gasteiger partial charge in [0.2, 0.25) is 11.8 Å². The number of hydrogen-bond donors (Lipinski definition) is 1. The van der Waals surface area contributed by atoms with Gasteiger partial charge in [0.25, 0.3) is 5.91 Å². The van der Waals surface area contributed by atoms with Crippen LogP contribution in [0.2, 0.25) is 0 Å². The maximum absolute atomic E-state index is 13.2. The molecule has 0 bridgehead atoms. The van der Waals surface area contributed by atoms with Gasteiger partial charge in [-0.05, 0) is 55.0 Å². The van der Waals surface area contributed by atoms with E-state index in [2.05, 4.69) is 47.6 Å². The van der Waals surface area contributed by atoms with Gasteiger partial charge < -0.3 is 24.1 Å². The van der Waals surface area contributed by atoms with Gasteiger partial charge in [-0.15, -0.1) is 0 Å². The molecule has 1 fully saturated rings. The van der Waals surface area contributed by atoms with Gasteiger partial charge in [0.15, 0.2) is 12.3 Å². The molecule has 36 heavy (non-hydrogen) atoms. The van der Waals surface area contributed by atoms with Crippen LogP contribution in [0.25, 0.3) is 0 Å². The average molecular weight is 490 g/mol. The minimum atomic E-state index is -0.322. The van der Waals surface area contributed by atoms with E-state index in [-0.39, 0.29) is 36.1 Å². The molecule has 0 saturated heterocycles. The third-order valence-electron chi connectivity index (χ3n) is 6.69. The lowest BCUT2D eigenvalue weighted by Crippen LogP contribution is -2.41. The third kappa shape index (κ3) is 5.28. The van der Waals surface area contributed by atoms with Crippen molar-refractivity contribution >= 4 is 11.8 Å². The molecule has 1 aliphatic heterocycles. The summed E-state index contributed by atoms with van der Waals surface area (Å²) in [7, 11) is 1.57. The summed E-state index contributed by atoms with van der Waals surface area (Å²) in [5, 5.41) is 2.71. The summed E-state index contributed by atoms with van der Waals surface area (Å²) in [5.41, 5.74) is 4.79. The number of benzene rings is 2. The standard InChI is InChI=1S/C28H31N3O5/c1-18-3-5-20(6-4-18)26-23-15-22(10-9-19(23)11-13-31(26)28(33)21-7-8-21)35-17-25-30-24(16-36-25)27(32)29-12-14-34-2/h3-6,9-10,15-16,21,26H,7-8,11-14,17H2,1-2H3,(H,29,32)/t26-/m0/s1. The number of aryl methyl sites for hydroxylation is 1. The Bertz CT molecular complexity index is 1230. The van der Waals surface area contributed by atoms with Gasteiger partial charge in [-0.3, -0.25) is 9.59 Å². The highest BCUT2D eigenvalue weighted by Crippen LogP contribution is 2.41. The fraction of sp³-hybridized carbons (Fsp3) is 0.393. The van der Waals surface area contributed by atoms with E-state index in [4.69, 9.17) is 13.9 Å². The van der Waals surface area contributed by atoms with Crippen LogP contribution in [0.4, 0.5) is 0 Å². The van der Waals surface area contributed by atoms with Crippen LogP contribution in [0.3, 0.4) is 0 Å². The van der Waals surface area contributed by atoms with E-state index in [0.717, 1.165) is 30.4 Å². The van der Waals surface area contributed by atoms with E-state index in [0.29, 0.717) is 31.3 Å². The molecular formula is C28H31N3O5. The zero-order valence-corrected chi connectivity index (χ0v) is 20.7. The summed E-state index contributed by atoms with van der Waals surface area (Å²) in [6, 6.07) is 14.3. The second kappa shape index (κ2) is 10.5. The molecule has 8 heteroatoms. The Morgan fingerprint density at radius 1 is 1.17 bits per heavy atom. The van der Waals surface area contributed by atoms with Gasteiger partial charge in [-0.25, -0.2) is 4.98 Å². The number of ether oxygens (including phenoxy) is 2. The van der Waals surface area contributed by atoms with Gasteiger partial charge in [0.05, 0.1) is 12.6 Å². The van der Waals surface area contributed by atoms with Crippen molar-refractivity contribution in [3.63, 3.8) is 0 Å². The van der Waals surface area contributed by atoms with Gasteiger partial charge in [-0.1, -0.05) is 35.9 Å². The first-order valence-electron chi connectivity index (χ1n) is 12.4. The SMILES string of the molecule is COCCNC(=O)c1coc(COc2ccc3c(c2)[C@H](c2ccc(C)cc2)N(C(=O)C2CC2)CC3)n1. The van der Waals surface area contributed by atoms with Crippen molar-refractivity contribution in [2.24, 2.45) is 5.92 Å². The minimum Gasteiger partial charge on any atom is -0.484 e. The Labute approximate surface area is 210 Å². The first-order chi connectivity index (χ1) is 17.5. The molecular weight excluding hydrogens is 458 g/mol. The van der Waals surface area contributed by atoms with E-state index in [1.54, 1.807) is 7.11 Å². The molecule has 188 valence electrons. The highest BCUT2D eigenvalue weighted by Gasteiger charge is 2.39.